The van der Waals surface area contributed by atoms with Gasteiger partial charge in [-0.1, -0.05) is 34.1 Å². The van der Waals surface area contributed by atoms with E-state index in [4.69, 9.17) is 14.0 Å². The van der Waals surface area contributed by atoms with Gasteiger partial charge in [-0.15, -0.1) is 0 Å². The molecule has 2 heterocycles. The number of carbonyl (C=O) groups excluding carboxylic acids is 1. The summed E-state index contributed by atoms with van der Waals surface area (Å²) < 4.78 is 17.2. The van der Waals surface area contributed by atoms with Crippen molar-refractivity contribution in [3.63, 3.8) is 0 Å². The van der Waals surface area contributed by atoms with Gasteiger partial charge >= 0.3 is 0 Å². The summed E-state index contributed by atoms with van der Waals surface area (Å²) >= 11 is 3.43. The van der Waals surface area contributed by atoms with Crippen LogP contribution in [0.5, 0.6) is 11.5 Å². The smallest absolute Gasteiger partial charge is 0.241 e. The topological polar surface area (TPSA) is 89.7 Å². The fourth-order valence-corrected chi connectivity index (χ4v) is 4.62. The lowest BCUT2D eigenvalue weighted by atomic mass is 9.94. The number of piperidine rings is 1. The minimum Gasteiger partial charge on any atom is -0.493 e. The minimum atomic E-state index is -0.0734. The van der Waals surface area contributed by atoms with Gasteiger partial charge in [-0.05, 0) is 74.3 Å². The van der Waals surface area contributed by atoms with Crippen LogP contribution < -0.4 is 14.8 Å². The molecule has 1 unspecified atom stereocenters. The zero-order valence-electron chi connectivity index (χ0n) is 20.3. The monoisotopic (exact) mass is 542 g/mol. The van der Waals surface area contributed by atoms with Gasteiger partial charge < -0.3 is 19.3 Å². The van der Waals surface area contributed by atoms with Gasteiger partial charge in [0.1, 0.15) is 0 Å². The molecular formula is C26H31BrN4O4. The maximum absolute atomic E-state index is 13.0. The van der Waals surface area contributed by atoms with Crippen LogP contribution in [0.3, 0.4) is 0 Å². The van der Waals surface area contributed by atoms with Crippen LogP contribution in [0.15, 0.2) is 51.5 Å². The van der Waals surface area contributed by atoms with Gasteiger partial charge in [-0.25, -0.2) is 0 Å². The molecule has 1 aromatic heterocycles. The Morgan fingerprint density at radius 2 is 1.86 bits per heavy atom. The number of nitrogens with zero attached hydrogens (tertiary/aromatic N) is 3. The van der Waals surface area contributed by atoms with Crippen molar-refractivity contribution in [1.29, 1.82) is 0 Å². The van der Waals surface area contributed by atoms with E-state index in [1.54, 1.807) is 14.2 Å². The molecule has 0 bridgehead atoms. The number of hydrogen-bond acceptors (Lipinski definition) is 7. The van der Waals surface area contributed by atoms with Crippen LogP contribution in [0.25, 0.3) is 11.4 Å². The highest BCUT2D eigenvalue weighted by Crippen LogP contribution is 2.31. The maximum Gasteiger partial charge on any atom is 0.241 e. The molecule has 0 aliphatic carbocycles. The van der Waals surface area contributed by atoms with Crippen LogP contribution in [0, 0.1) is 5.92 Å². The summed E-state index contributed by atoms with van der Waals surface area (Å²) in [6, 6.07) is 13.5. The molecule has 1 aliphatic rings. The van der Waals surface area contributed by atoms with Crippen molar-refractivity contribution in [2.45, 2.75) is 38.8 Å². The van der Waals surface area contributed by atoms with Gasteiger partial charge in [-0.3, -0.25) is 9.69 Å². The highest BCUT2D eigenvalue weighted by molar-refractivity contribution is 9.10. The molecule has 1 N–H and O–H groups in total. The zero-order chi connectivity index (χ0) is 24.8. The highest BCUT2D eigenvalue weighted by atomic mass is 79.9. The largest absolute Gasteiger partial charge is 0.493 e. The van der Waals surface area contributed by atoms with E-state index in [-0.39, 0.29) is 17.9 Å². The van der Waals surface area contributed by atoms with Crippen LogP contribution in [0.1, 0.15) is 43.7 Å². The first-order chi connectivity index (χ1) is 17.0. The molecule has 1 aliphatic heterocycles. The van der Waals surface area contributed by atoms with Crippen molar-refractivity contribution in [3.05, 3.63) is 58.4 Å². The lowest BCUT2D eigenvalue weighted by Crippen LogP contribution is -2.41. The van der Waals surface area contributed by atoms with Gasteiger partial charge in [0.15, 0.2) is 11.5 Å². The van der Waals surface area contributed by atoms with Gasteiger partial charge in [0, 0.05) is 16.0 Å². The van der Waals surface area contributed by atoms with Crippen LogP contribution in [0.4, 0.5) is 0 Å². The Morgan fingerprint density at radius 3 is 2.51 bits per heavy atom. The molecule has 1 amide bonds. The summed E-state index contributed by atoms with van der Waals surface area (Å²) in [4.78, 5) is 19.8. The molecule has 0 spiro atoms. The number of ether oxygens (including phenoxy) is 2. The van der Waals surface area contributed by atoms with Crippen molar-refractivity contribution >= 4 is 21.8 Å². The number of amides is 1. The predicted octanol–water partition coefficient (Wildman–Crippen LogP) is 5.00. The number of methoxy groups -OCH3 is 2. The minimum absolute atomic E-state index is 0.0125. The van der Waals surface area contributed by atoms with E-state index < -0.39 is 0 Å². The molecule has 1 atom stereocenters. The molecule has 186 valence electrons. The number of hydrogen-bond donors (Lipinski definition) is 1. The van der Waals surface area contributed by atoms with Crippen LogP contribution >= 0.6 is 15.9 Å². The third kappa shape index (κ3) is 6.21. The summed E-state index contributed by atoms with van der Waals surface area (Å²) in [5.74, 6) is 2.60. The Balaban J connectivity index is 1.30. The second kappa shape index (κ2) is 11.7. The summed E-state index contributed by atoms with van der Waals surface area (Å²) in [6.07, 6.45) is 2.38. The van der Waals surface area contributed by atoms with E-state index in [0.29, 0.717) is 29.8 Å². The Morgan fingerprint density at radius 1 is 1.14 bits per heavy atom. The fraction of sp³-hybridized carbons (Fsp3) is 0.423. The van der Waals surface area contributed by atoms with Crippen molar-refractivity contribution in [2.24, 2.45) is 5.92 Å². The summed E-state index contributed by atoms with van der Waals surface area (Å²) in [7, 11) is 3.23. The zero-order valence-corrected chi connectivity index (χ0v) is 21.9. The second-order valence-electron chi connectivity index (χ2n) is 8.65. The summed E-state index contributed by atoms with van der Waals surface area (Å²) in [5, 5.41) is 7.34. The first-order valence-corrected chi connectivity index (χ1v) is 12.6. The Hall–Kier alpha value is -2.91. The third-order valence-electron chi connectivity index (χ3n) is 6.42. The van der Waals surface area contributed by atoms with Gasteiger partial charge in [0.2, 0.25) is 17.6 Å². The average molecular weight is 543 g/mol. The molecule has 0 saturated carbocycles. The lowest BCUT2D eigenvalue weighted by molar-refractivity contribution is -0.127. The number of halogens is 1. The number of rotatable bonds is 9. The number of benzene rings is 2. The number of carbonyl (C=O) groups is 1. The van der Waals surface area contributed by atoms with E-state index in [9.17, 15) is 4.79 Å². The molecule has 35 heavy (non-hydrogen) atoms. The normalized spacial score (nSPS) is 15.5. The molecule has 8 nitrogen and oxygen atoms in total. The van der Waals surface area contributed by atoms with E-state index in [0.717, 1.165) is 48.0 Å². The molecule has 3 aromatic rings. The van der Waals surface area contributed by atoms with E-state index in [1.807, 2.05) is 42.5 Å². The second-order valence-corrected chi connectivity index (χ2v) is 9.57. The Bertz CT molecular complexity index is 1130. The summed E-state index contributed by atoms with van der Waals surface area (Å²) in [6.45, 7) is 4.26. The predicted molar refractivity (Wildman–Crippen MR) is 136 cm³/mol. The van der Waals surface area contributed by atoms with Crippen molar-refractivity contribution < 1.29 is 18.8 Å². The quantitative estimate of drug-likeness (QED) is 0.407. The molecule has 1 fully saturated rings. The fourth-order valence-electron chi connectivity index (χ4n) is 4.36. The van der Waals surface area contributed by atoms with Crippen molar-refractivity contribution in [3.8, 4) is 22.9 Å². The standard InChI is InChI=1S/C26H31BrN4O4/c1-4-21(19-7-10-22(33-2)23(15-19)34-3)28-26(32)18-11-13-31(14-12-18)16-24-29-25(30-35-24)17-5-8-20(27)9-6-17/h5-10,15,18,21H,4,11-14,16H2,1-3H3,(H,28,32). The highest BCUT2D eigenvalue weighted by Gasteiger charge is 2.27. The first kappa shape index (κ1) is 25.2. The van der Waals surface area contributed by atoms with Crippen LogP contribution in [0.2, 0.25) is 0 Å². The van der Waals surface area contributed by atoms with Crippen molar-refractivity contribution in [2.75, 3.05) is 27.3 Å². The molecule has 2 aromatic carbocycles. The average Bonchev–Trinajstić information content (AvgIpc) is 3.36. The lowest BCUT2D eigenvalue weighted by Gasteiger charge is -2.31. The Kier molecular flexibility index (Phi) is 8.41. The van der Waals surface area contributed by atoms with E-state index in [2.05, 4.69) is 43.2 Å². The number of likely N-dealkylation sites (tertiary alicyclic amines) is 1. The first-order valence-electron chi connectivity index (χ1n) is 11.8. The molecular weight excluding hydrogens is 512 g/mol. The van der Waals surface area contributed by atoms with Crippen molar-refractivity contribution in [1.82, 2.24) is 20.4 Å². The van der Waals surface area contributed by atoms with E-state index in [1.165, 1.54) is 0 Å². The summed E-state index contributed by atoms with van der Waals surface area (Å²) in [5.41, 5.74) is 1.92. The van der Waals surface area contributed by atoms with E-state index >= 15 is 0 Å². The van der Waals surface area contributed by atoms with Crippen LogP contribution in [-0.4, -0.2) is 48.3 Å². The molecule has 4 rings (SSSR count). The number of nitrogens with one attached hydrogen (secondary N) is 1. The number of aromatic nitrogens is 2. The molecule has 9 heteroatoms. The maximum atomic E-state index is 13.0. The molecule has 0 radical (unpaired) electrons. The SMILES string of the molecule is CCC(NC(=O)C1CCN(Cc2nc(-c3ccc(Br)cc3)no2)CC1)c1ccc(OC)c(OC)c1. The Labute approximate surface area is 214 Å². The third-order valence-corrected chi connectivity index (χ3v) is 6.95. The van der Waals surface area contributed by atoms with Crippen LogP contribution in [-0.2, 0) is 11.3 Å². The molecule has 1 saturated heterocycles. The van der Waals surface area contributed by atoms with Gasteiger partial charge in [0.05, 0.1) is 26.8 Å². The van der Waals surface area contributed by atoms with Gasteiger partial charge in [0.25, 0.3) is 0 Å². The van der Waals surface area contributed by atoms with Gasteiger partial charge in [-0.2, -0.15) is 4.98 Å².